The summed E-state index contributed by atoms with van der Waals surface area (Å²) in [4.78, 5) is 26.0. The average molecular weight is 380 g/mol. The molecule has 146 valence electrons. The van der Waals surface area contributed by atoms with Crippen LogP contribution >= 0.6 is 0 Å². The van der Waals surface area contributed by atoms with E-state index < -0.39 is 0 Å². The number of benzene rings is 2. The lowest BCUT2D eigenvalue weighted by molar-refractivity contribution is -0.916. The highest BCUT2D eigenvalue weighted by Gasteiger charge is 2.33. The van der Waals surface area contributed by atoms with Crippen molar-refractivity contribution in [3.8, 4) is 0 Å². The number of carbonyl (C=O) groups excluding carboxylic acids is 2. The van der Waals surface area contributed by atoms with Crippen LogP contribution in [0.4, 0.5) is 11.4 Å². The third-order valence-corrected chi connectivity index (χ3v) is 5.85. The second-order valence-electron chi connectivity index (χ2n) is 7.84. The Hall–Kier alpha value is -2.70. The molecule has 2 aromatic rings. The average Bonchev–Trinajstić information content (AvgIpc) is 2.70. The van der Waals surface area contributed by atoms with Crippen molar-refractivity contribution in [1.29, 1.82) is 0 Å². The van der Waals surface area contributed by atoms with Gasteiger partial charge >= 0.3 is 0 Å². The van der Waals surface area contributed by atoms with Crippen molar-refractivity contribution in [2.24, 2.45) is 0 Å². The lowest BCUT2D eigenvalue weighted by atomic mass is 9.82. The van der Waals surface area contributed by atoms with Gasteiger partial charge in [-0.05, 0) is 12.1 Å². The van der Waals surface area contributed by atoms with Crippen LogP contribution in [0, 0.1) is 0 Å². The number of hydrogen-bond acceptors (Lipinski definition) is 5. The van der Waals surface area contributed by atoms with Gasteiger partial charge in [-0.2, -0.15) is 0 Å². The Morgan fingerprint density at radius 2 is 1.64 bits per heavy atom. The number of quaternary nitrogens is 1. The van der Waals surface area contributed by atoms with E-state index in [2.05, 4.69) is 12.4 Å². The molecular weight excluding hydrogens is 354 g/mol. The summed E-state index contributed by atoms with van der Waals surface area (Å²) in [5.74, 6) is -0.329. The van der Waals surface area contributed by atoms with E-state index in [-0.39, 0.29) is 11.6 Å². The topological polar surface area (TPSA) is 81.4 Å². The van der Waals surface area contributed by atoms with E-state index in [1.807, 2.05) is 0 Å². The molecule has 0 saturated carbocycles. The lowest BCUT2D eigenvalue weighted by Crippen LogP contribution is -2.52. The lowest BCUT2D eigenvalue weighted by Gasteiger charge is -2.37. The molecule has 1 saturated heterocycles. The Kier molecular flexibility index (Phi) is 4.91. The van der Waals surface area contributed by atoms with Gasteiger partial charge in [0.25, 0.3) is 0 Å². The van der Waals surface area contributed by atoms with E-state index in [4.69, 9.17) is 10.5 Å². The van der Waals surface area contributed by atoms with Crippen LogP contribution in [-0.2, 0) is 4.74 Å². The van der Waals surface area contributed by atoms with Crippen LogP contribution < -0.4 is 11.1 Å². The van der Waals surface area contributed by atoms with Crippen LogP contribution in [0.3, 0.4) is 0 Å². The number of anilines is 2. The van der Waals surface area contributed by atoms with Gasteiger partial charge in [-0.15, -0.1) is 0 Å². The van der Waals surface area contributed by atoms with Gasteiger partial charge in [0.2, 0.25) is 0 Å². The Labute approximate surface area is 164 Å². The predicted molar refractivity (Wildman–Crippen MR) is 109 cm³/mol. The molecule has 1 heterocycles. The zero-order valence-corrected chi connectivity index (χ0v) is 16.2. The third-order valence-electron chi connectivity index (χ3n) is 5.85. The zero-order valence-electron chi connectivity index (χ0n) is 16.2. The quantitative estimate of drug-likeness (QED) is 0.403. The van der Waals surface area contributed by atoms with E-state index in [1.165, 1.54) is 0 Å². The highest BCUT2D eigenvalue weighted by Crippen LogP contribution is 2.35. The number of carbonyl (C=O) groups is 2. The van der Waals surface area contributed by atoms with Gasteiger partial charge in [0.15, 0.2) is 11.6 Å². The molecule has 1 aliphatic heterocycles. The second-order valence-corrected chi connectivity index (χ2v) is 7.84. The summed E-state index contributed by atoms with van der Waals surface area (Å²) in [6.07, 6.45) is 0.967. The number of rotatable bonds is 5. The van der Waals surface area contributed by atoms with Gasteiger partial charge in [-0.25, -0.2) is 0 Å². The smallest absolute Gasteiger partial charge is 0.196 e. The van der Waals surface area contributed by atoms with E-state index in [9.17, 15) is 9.59 Å². The highest BCUT2D eigenvalue weighted by atomic mass is 16.5. The summed E-state index contributed by atoms with van der Waals surface area (Å²) in [5.41, 5.74) is 8.69. The first-order valence-electron chi connectivity index (χ1n) is 9.76. The fraction of sp³-hybridized carbons (Fsp3) is 0.364. The molecule has 0 amide bonds. The van der Waals surface area contributed by atoms with Crippen molar-refractivity contribution < 1.29 is 18.8 Å². The molecular formula is C22H26N3O3+. The predicted octanol–water partition coefficient (Wildman–Crippen LogP) is 2.32. The summed E-state index contributed by atoms with van der Waals surface area (Å²) in [6.45, 7) is 5.45. The minimum Gasteiger partial charge on any atom is -0.398 e. The maximum atomic E-state index is 13.1. The van der Waals surface area contributed by atoms with E-state index >= 15 is 0 Å². The van der Waals surface area contributed by atoms with Crippen molar-refractivity contribution in [1.82, 2.24) is 0 Å². The zero-order chi connectivity index (χ0) is 19.7. The molecule has 6 nitrogen and oxygen atoms in total. The third kappa shape index (κ3) is 3.30. The van der Waals surface area contributed by atoms with Crippen LogP contribution in [0.2, 0.25) is 0 Å². The van der Waals surface area contributed by atoms with Crippen LogP contribution in [0.15, 0.2) is 36.4 Å². The SMILES string of the molecule is C[N+]1(CCCNc2ccc(N)c3c2C(=O)c2ccccc2C3=O)CCOCC1. The number of ketones is 2. The van der Waals surface area contributed by atoms with Crippen molar-refractivity contribution in [2.75, 3.05) is 57.5 Å². The fourth-order valence-electron chi connectivity index (χ4n) is 4.09. The van der Waals surface area contributed by atoms with Gasteiger partial charge in [0, 0.05) is 35.5 Å². The first-order chi connectivity index (χ1) is 13.5. The van der Waals surface area contributed by atoms with Crippen molar-refractivity contribution >= 4 is 22.9 Å². The van der Waals surface area contributed by atoms with Crippen LogP contribution in [0.25, 0.3) is 0 Å². The van der Waals surface area contributed by atoms with Crippen molar-refractivity contribution in [2.45, 2.75) is 6.42 Å². The number of nitrogen functional groups attached to an aromatic ring is 1. The van der Waals surface area contributed by atoms with E-state index in [0.29, 0.717) is 33.6 Å². The minimum atomic E-state index is -0.183. The Morgan fingerprint density at radius 1 is 1.00 bits per heavy atom. The number of nitrogens with one attached hydrogen (secondary N) is 1. The largest absolute Gasteiger partial charge is 0.398 e. The summed E-state index contributed by atoms with van der Waals surface area (Å²) < 4.78 is 6.46. The second kappa shape index (κ2) is 7.37. The van der Waals surface area contributed by atoms with Gasteiger partial charge in [-0.1, -0.05) is 24.3 Å². The fourth-order valence-corrected chi connectivity index (χ4v) is 4.09. The first-order valence-corrected chi connectivity index (χ1v) is 9.76. The number of morpholine rings is 1. The van der Waals surface area contributed by atoms with E-state index in [0.717, 1.165) is 50.3 Å². The summed E-state index contributed by atoms with van der Waals surface area (Å²) >= 11 is 0. The molecule has 4 rings (SSSR count). The van der Waals surface area contributed by atoms with Gasteiger partial charge in [0.05, 0.1) is 37.9 Å². The molecule has 0 spiro atoms. The van der Waals surface area contributed by atoms with E-state index in [1.54, 1.807) is 36.4 Å². The molecule has 3 N–H and O–H groups in total. The molecule has 6 heteroatoms. The summed E-state index contributed by atoms with van der Waals surface area (Å²) in [7, 11) is 2.26. The number of nitrogens with zero attached hydrogens (tertiary/aromatic N) is 1. The number of hydrogen-bond donors (Lipinski definition) is 2. The van der Waals surface area contributed by atoms with Crippen LogP contribution in [0.1, 0.15) is 38.3 Å². The number of nitrogens with two attached hydrogens (primary N) is 1. The molecule has 2 aromatic carbocycles. The first kappa shape index (κ1) is 18.7. The van der Waals surface area contributed by atoms with Crippen LogP contribution in [-0.4, -0.2) is 62.5 Å². The Balaban J connectivity index is 1.53. The normalized spacial score (nSPS) is 17.8. The number of fused-ring (bicyclic) bond motifs is 2. The molecule has 0 radical (unpaired) electrons. The monoisotopic (exact) mass is 380 g/mol. The number of likely N-dealkylation sites (N-methyl/N-ethyl adjacent to an activating group) is 1. The Bertz CT molecular complexity index is 933. The molecule has 0 bridgehead atoms. The van der Waals surface area contributed by atoms with Gasteiger partial charge < -0.3 is 20.3 Å². The molecule has 28 heavy (non-hydrogen) atoms. The van der Waals surface area contributed by atoms with Crippen molar-refractivity contribution in [3.63, 3.8) is 0 Å². The summed E-state index contributed by atoms with van der Waals surface area (Å²) in [5, 5.41) is 3.37. The standard InChI is InChI=1S/C22H25N3O3/c1-25(11-13-28-14-12-25)10-4-9-24-18-8-7-17(23)19-20(18)22(27)16-6-3-2-5-15(16)21(19)26/h2-3,5-8H,4,9-14H2,1H3,(H2-,23,24,26,27)/p+1. The maximum absolute atomic E-state index is 13.1. The molecule has 1 fully saturated rings. The minimum absolute atomic E-state index is 0.146. The van der Waals surface area contributed by atoms with Gasteiger partial charge in [0.1, 0.15) is 13.1 Å². The molecule has 2 aliphatic rings. The van der Waals surface area contributed by atoms with Crippen LogP contribution in [0.5, 0.6) is 0 Å². The number of ether oxygens (including phenoxy) is 1. The maximum Gasteiger partial charge on any atom is 0.196 e. The molecule has 0 unspecified atom stereocenters. The highest BCUT2D eigenvalue weighted by molar-refractivity contribution is 6.31. The molecule has 0 aromatic heterocycles. The molecule has 0 atom stereocenters. The van der Waals surface area contributed by atoms with Gasteiger partial charge in [-0.3, -0.25) is 9.59 Å². The molecule has 1 aliphatic carbocycles. The summed E-state index contributed by atoms with van der Waals surface area (Å²) in [6, 6.07) is 10.4. The van der Waals surface area contributed by atoms with Crippen molar-refractivity contribution in [3.05, 3.63) is 58.7 Å². The Morgan fingerprint density at radius 3 is 2.32 bits per heavy atom.